The highest BCUT2D eigenvalue weighted by Crippen LogP contribution is 2.36. The molecule has 0 saturated carbocycles. The van der Waals surface area contributed by atoms with Crippen LogP contribution in [0.15, 0.2) is 46.9 Å². The van der Waals surface area contributed by atoms with Crippen molar-refractivity contribution in [3.63, 3.8) is 0 Å². The molecule has 0 aliphatic heterocycles. The summed E-state index contributed by atoms with van der Waals surface area (Å²) in [5.41, 5.74) is 1.51. The Hall–Kier alpha value is -3.48. The number of rotatable bonds is 8. The van der Waals surface area contributed by atoms with Crippen LogP contribution in [0, 0.1) is 0 Å². The van der Waals surface area contributed by atoms with Gasteiger partial charge in [-0.2, -0.15) is 0 Å². The SMILES string of the molecule is CCOC(=O)c1c(-c2ccc(OC)cc2)oc2ccc(OCC(=O)OC(C)C)cc12. The monoisotopic (exact) mass is 412 g/mol. The Morgan fingerprint density at radius 3 is 2.37 bits per heavy atom. The second-order valence-electron chi connectivity index (χ2n) is 6.74. The lowest BCUT2D eigenvalue weighted by Crippen LogP contribution is -2.18. The van der Waals surface area contributed by atoms with Crippen molar-refractivity contribution in [3.05, 3.63) is 48.0 Å². The van der Waals surface area contributed by atoms with Crippen molar-refractivity contribution in [2.24, 2.45) is 0 Å². The molecule has 0 amide bonds. The Morgan fingerprint density at radius 1 is 1.03 bits per heavy atom. The summed E-state index contributed by atoms with van der Waals surface area (Å²) in [6, 6.07) is 12.2. The minimum Gasteiger partial charge on any atom is -0.497 e. The topological polar surface area (TPSA) is 84.2 Å². The van der Waals surface area contributed by atoms with E-state index in [1.54, 1.807) is 70.3 Å². The highest BCUT2D eigenvalue weighted by Gasteiger charge is 2.24. The van der Waals surface area contributed by atoms with Crippen molar-refractivity contribution in [2.45, 2.75) is 26.9 Å². The van der Waals surface area contributed by atoms with E-state index in [9.17, 15) is 9.59 Å². The third kappa shape index (κ3) is 4.74. The molecule has 1 heterocycles. The van der Waals surface area contributed by atoms with Crippen LogP contribution in [0.25, 0.3) is 22.3 Å². The lowest BCUT2D eigenvalue weighted by molar-refractivity contribution is -0.149. The van der Waals surface area contributed by atoms with Crippen molar-refractivity contribution in [3.8, 4) is 22.8 Å². The fraction of sp³-hybridized carbons (Fsp3) is 0.304. The van der Waals surface area contributed by atoms with Gasteiger partial charge in [0.05, 0.1) is 19.8 Å². The van der Waals surface area contributed by atoms with Crippen LogP contribution in [0.3, 0.4) is 0 Å². The molecule has 0 N–H and O–H groups in total. The molecule has 0 radical (unpaired) electrons. The standard InChI is InChI=1S/C23H24O7/c1-5-27-23(25)21-18-12-17(28-13-20(24)29-14(2)3)10-11-19(18)30-22(21)15-6-8-16(26-4)9-7-15/h6-12,14H,5,13H2,1-4H3. The summed E-state index contributed by atoms with van der Waals surface area (Å²) in [7, 11) is 1.58. The van der Waals surface area contributed by atoms with Gasteiger partial charge in [-0.15, -0.1) is 0 Å². The molecular formula is C23H24O7. The molecule has 3 rings (SSSR count). The number of carbonyl (C=O) groups excluding carboxylic acids is 2. The zero-order valence-corrected chi connectivity index (χ0v) is 17.4. The lowest BCUT2D eigenvalue weighted by atomic mass is 10.1. The van der Waals surface area contributed by atoms with E-state index < -0.39 is 11.9 Å². The minimum atomic E-state index is -0.501. The number of methoxy groups -OCH3 is 1. The molecule has 0 saturated heterocycles. The zero-order valence-electron chi connectivity index (χ0n) is 17.4. The van der Waals surface area contributed by atoms with Crippen molar-refractivity contribution in [2.75, 3.05) is 20.3 Å². The Bertz CT molecular complexity index is 1030. The summed E-state index contributed by atoms with van der Waals surface area (Å²) in [6.45, 7) is 5.26. The third-order valence-corrected chi connectivity index (χ3v) is 4.22. The number of fused-ring (bicyclic) bond motifs is 1. The predicted octanol–water partition coefficient (Wildman–Crippen LogP) is 4.62. The molecule has 0 fully saturated rings. The summed E-state index contributed by atoms with van der Waals surface area (Å²) >= 11 is 0. The molecular weight excluding hydrogens is 388 g/mol. The molecule has 3 aromatic rings. The van der Waals surface area contributed by atoms with E-state index in [1.165, 1.54) is 0 Å². The average Bonchev–Trinajstić information content (AvgIpc) is 3.11. The maximum absolute atomic E-state index is 12.7. The number of esters is 2. The molecule has 7 nitrogen and oxygen atoms in total. The number of benzene rings is 2. The Kier molecular flexibility index (Phi) is 6.61. The molecule has 1 aromatic heterocycles. The van der Waals surface area contributed by atoms with Crippen LogP contribution < -0.4 is 9.47 Å². The van der Waals surface area contributed by atoms with Gasteiger partial charge in [-0.05, 0) is 63.2 Å². The van der Waals surface area contributed by atoms with E-state index >= 15 is 0 Å². The van der Waals surface area contributed by atoms with E-state index in [4.69, 9.17) is 23.4 Å². The van der Waals surface area contributed by atoms with Crippen molar-refractivity contribution in [1.29, 1.82) is 0 Å². The van der Waals surface area contributed by atoms with Crippen LogP contribution in [0.4, 0.5) is 0 Å². The van der Waals surface area contributed by atoms with Gasteiger partial charge in [0.25, 0.3) is 0 Å². The number of carbonyl (C=O) groups is 2. The van der Waals surface area contributed by atoms with Gasteiger partial charge < -0.3 is 23.4 Å². The Morgan fingerprint density at radius 2 is 1.73 bits per heavy atom. The van der Waals surface area contributed by atoms with Crippen LogP contribution >= 0.6 is 0 Å². The van der Waals surface area contributed by atoms with Gasteiger partial charge in [-0.3, -0.25) is 0 Å². The van der Waals surface area contributed by atoms with Gasteiger partial charge in [0.15, 0.2) is 6.61 Å². The minimum absolute atomic E-state index is 0.222. The van der Waals surface area contributed by atoms with Gasteiger partial charge in [0.1, 0.15) is 28.4 Å². The Balaban J connectivity index is 1.99. The maximum Gasteiger partial charge on any atom is 0.344 e. The molecule has 0 aliphatic rings. The molecule has 0 aliphatic carbocycles. The number of hydrogen-bond acceptors (Lipinski definition) is 7. The first-order chi connectivity index (χ1) is 14.4. The van der Waals surface area contributed by atoms with E-state index in [0.717, 1.165) is 0 Å². The summed E-state index contributed by atoms with van der Waals surface area (Å²) in [5, 5.41) is 0.536. The van der Waals surface area contributed by atoms with Crippen LogP contribution in [-0.2, 0) is 14.3 Å². The van der Waals surface area contributed by atoms with E-state index in [0.29, 0.717) is 39.4 Å². The molecule has 0 unspecified atom stereocenters. The Labute approximate surface area is 174 Å². The first kappa shape index (κ1) is 21.2. The normalized spacial score (nSPS) is 10.8. The van der Waals surface area contributed by atoms with Crippen LogP contribution in [-0.4, -0.2) is 38.4 Å². The summed E-state index contributed by atoms with van der Waals surface area (Å²) in [5.74, 6) is 0.523. The summed E-state index contributed by atoms with van der Waals surface area (Å²) in [4.78, 5) is 24.5. The quantitative estimate of drug-likeness (QED) is 0.499. The highest BCUT2D eigenvalue weighted by atomic mass is 16.6. The molecule has 2 aromatic carbocycles. The van der Waals surface area contributed by atoms with E-state index in [-0.39, 0.29) is 19.3 Å². The molecule has 158 valence electrons. The van der Waals surface area contributed by atoms with Crippen LogP contribution in [0.5, 0.6) is 11.5 Å². The fourth-order valence-electron chi connectivity index (χ4n) is 2.96. The first-order valence-corrected chi connectivity index (χ1v) is 9.63. The summed E-state index contributed by atoms with van der Waals surface area (Å²) < 4.78 is 27.0. The van der Waals surface area contributed by atoms with E-state index in [1.807, 2.05) is 0 Å². The molecule has 0 atom stereocenters. The molecule has 7 heteroatoms. The lowest BCUT2D eigenvalue weighted by Gasteiger charge is -2.09. The fourth-order valence-corrected chi connectivity index (χ4v) is 2.96. The number of ether oxygens (including phenoxy) is 4. The number of hydrogen-bond donors (Lipinski definition) is 0. The second-order valence-corrected chi connectivity index (χ2v) is 6.74. The smallest absolute Gasteiger partial charge is 0.344 e. The van der Waals surface area contributed by atoms with Gasteiger partial charge in [-0.25, -0.2) is 9.59 Å². The van der Waals surface area contributed by atoms with Crippen molar-refractivity contribution < 1.29 is 33.0 Å². The molecule has 0 spiro atoms. The highest BCUT2D eigenvalue weighted by molar-refractivity contribution is 6.09. The van der Waals surface area contributed by atoms with Crippen molar-refractivity contribution in [1.82, 2.24) is 0 Å². The van der Waals surface area contributed by atoms with Gasteiger partial charge in [0.2, 0.25) is 0 Å². The van der Waals surface area contributed by atoms with Gasteiger partial charge >= 0.3 is 11.9 Å². The number of furan rings is 1. The van der Waals surface area contributed by atoms with E-state index in [2.05, 4.69) is 0 Å². The first-order valence-electron chi connectivity index (χ1n) is 9.63. The second kappa shape index (κ2) is 9.35. The summed E-state index contributed by atoms with van der Waals surface area (Å²) in [6.07, 6.45) is -0.222. The van der Waals surface area contributed by atoms with Gasteiger partial charge in [0, 0.05) is 10.9 Å². The van der Waals surface area contributed by atoms with Crippen LogP contribution in [0.1, 0.15) is 31.1 Å². The predicted molar refractivity (Wildman–Crippen MR) is 111 cm³/mol. The largest absolute Gasteiger partial charge is 0.497 e. The third-order valence-electron chi connectivity index (χ3n) is 4.22. The molecule has 0 bridgehead atoms. The maximum atomic E-state index is 12.7. The zero-order chi connectivity index (χ0) is 21.7. The molecule has 30 heavy (non-hydrogen) atoms. The van der Waals surface area contributed by atoms with Crippen LogP contribution in [0.2, 0.25) is 0 Å². The average molecular weight is 412 g/mol. The van der Waals surface area contributed by atoms with Gasteiger partial charge in [-0.1, -0.05) is 0 Å². The van der Waals surface area contributed by atoms with Crippen molar-refractivity contribution >= 4 is 22.9 Å².